The van der Waals surface area contributed by atoms with Crippen molar-refractivity contribution >= 4 is 21.7 Å². The number of nitrogens with one attached hydrogen (secondary N) is 1. The molecule has 0 bridgehead atoms. The van der Waals surface area contributed by atoms with Gasteiger partial charge < -0.3 is 10.4 Å². The normalized spacial score (nSPS) is 26.6. The van der Waals surface area contributed by atoms with Crippen LogP contribution in [-0.2, 0) is 0 Å². The van der Waals surface area contributed by atoms with Crippen molar-refractivity contribution in [3.8, 4) is 0 Å². The molecule has 0 unspecified atom stereocenters. The maximum atomic E-state index is 9.32. The van der Waals surface area contributed by atoms with Gasteiger partial charge in [0.1, 0.15) is 5.82 Å². The van der Waals surface area contributed by atoms with Crippen molar-refractivity contribution in [1.82, 2.24) is 4.98 Å². The Kier molecular flexibility index (Phi) is 2.51. The first-order valence-corrected chi connectivity index (χ1v) is 5.11. The lowest BCUT2D eigenvalue weighted by Gasteiger charge is -2.33. The topological polar surface area (TPSA) is 45.1 Å². The second-order valence-electron chi connectivity index (χ2n) is 3.26. The first-order valence-electron chi connectivity index (χ1n) is 4.32. The van der Waals surface area contributed by atoms with Gasteiger partial charge in [-0.2, -0.15) is 0 Å². The van der Waals surface area contributed by atoms with Crippen LogP contribution in [-0.4, -0.2) is 22.2 Å². The van der Waals surface area contributed by atoms with E-state index >= 15 is 0 Å². The number of rotatable bonds is 2. The van der Waals surface area contributed by atoms with Crippen LogP contribution in [0.2, 0.25) is 0 Å². The predicted molar refractivity (Wildman–Crippen MR) is 54.6 cm³/mol. The summed E-state index contributed by atoms with van der Waals surface area (Å²) in [6.07, 6.45) is 3.46. The second-order valence-corrected chi connectivity index (χ2v) is 4.17. The monoisotopic (exact) mass is 242 g/mol. The lowest BCUT2D eigenvalue weighted by atomic mass is 9.89. The molecule has 1 aliphatic carbocycles. The first kappa shape index (κ1) is 8.97. The summed E-state index contributed by atoms with van der Waals surface area (Å²) in [5.41, 5.74) is 0. The minimum absolute atomic E-state index is 0.189. The Hall–Kier alpha value is -0.610. The second kappa shape index (κ2) is 3.64. The number of hydrogen-bond acceptors (Lipinski definition) is 3. The number of anilines is 1. The molecule has 1 saturated carbocycles. The minimum Gasteiger partial charge on any atom is -0.391 e. The van der Waals surface area contributed by atoms with E-state index in [1.54, 1.807) is 6.20 Å². The standard InChI is InChI=1S/C9H11BrN2O/c10-6-1-4-9(11-5-6)12-7-2-3-8(7)13/h1,4-5,7-8,13H,2-3H2,(H,11,12)/t7-,8-/m1/s1. The van der Waals surface area contributed by atoms with Crippen molar-refractivity contribution in [1.29, 1.82) is 0 Å². The minimum atomic E-state index is -0.203. The molecule has 0 aliphatic heterocycles. The fourth-order valence-electron chi connectivity index (χ4n) is 1.30. The smallest absolute Gasteiger partial charge is 0.126 e. The number of nitrogens with zero attached hydrogens (tertiary/aromatic N) is 1. The number of aromatic nitrogens is 1. The summed E-state index contributed by atoms with van der Waals surface area (Å²) in [4.78, 5) is 4.17. The molecule has 70 valence electrons. The molecule has 13 heavy (non-hydrogen) atoms. The third-order valence-corrected chi connectivity index (χ3v) is 2.77. The molecular formula is C9H11BrN2O. The van der Waals surface area contributed by atoms with Crippen molar-refractivity contribution in [3.05, 3.63) is 22.8 Å². The first-order chi connectivity index (χ1) is 6.25. The predicted octanol–water partition coefficient (Wildman–Crippen LogP) is 1.78. The summed E-state index contributed by atoms with van der Waals surface area (Å²) in [5, 5.41) is 12.5. The largest absolute Gasteiger partial charge is 0.391 e. The molecule has 4 heteroatoms. The highest BCUT2D eigenvalue weighted by Gasteiger charge is 2.28. The molecular weight excluding hydrogens is 232 g/mol. The lowest BCUT2D eigenvalue weighted by Crippen LogP contribution is -2.42. The van der Waals surface area contributed by atoms with Crippen LogP contribution in [0.5, 0.6) is 0 Å². The SMILES string of the molecule is O[C@@H]1CC[C@H]1Nc1ccc(Br)cn1. The lowest BCUT2D eigenvalue weighted by molar-refractivity contribution is 0.0784. The van der Waals surface area contributed by atoms with E-state index in [2.05, 4.69) is 26.2 Å². The number of pyridine rings is 1. The summed E-state index contributed by atoms with van der Waals surface area (Å²) in [6.45, 7) is 0. The molecule has 0 spiro atoms. The van der Waals surface area contributed by atoms with Crippen LogP contribution in [0.3, 0.4) is 0 Å². The zero-order valence-electron chi connectivity index (χ0n) is 7.07. The van der Waals surface area contributed by atoms with Crippen molar-refractivity contribution in [2.24, 2.45) is 0 Å². The average molecular weight is 243 g/mol. The number of aliphatic hydroxyl groups excluding tert-OH is 1. The van der Waals surface area contributed by atoms with E-state index in [-0.39, 0.29) is 12.1 Å². The van der Waals surface area contributed by atoms with Crippen molar-refractivity contribution in [2.45, 2.75) is 25.0 Å². The Morgan fingerprint density at radius 2 is 2.31 bits per heavy atom. The molecule has 2 atom stereocenters. The molecule has 0 saturated heterocycles. The Morgan fingerprint density at radius 1 is 1.46 bits per heavy atom. The summed E-state index contributed by atoms with van der Waals surface area (Å²) >= 11 is 3.31. The molecule has 1 aliphatic rings. The van der Waals surface area contributed by atoms with Crippen molar-refractivity contribution in [2.75, 3.05) is 5.32 Å². The Morgan fingerprint density at radius 3 is 2.77 bits per heavy atom. The highest BCUT2D eigenvalue weighted by atomic mass is 79.9. The van der Waals surface area contributed by atoms with Crippen molar-refractivity contribution in [3.63, 3.8) is 0 Å². The van der Waals surface area contributed by atoms with Crippen LogP contribution >= 0.6 is 15.9 Å². The third-order valence-electron chi connectivity index (χ3n) is 2.30. The summed E-state index contributed by atoms with van der Waals surface area (Å²) in [6, 6.07) is 4.02. The van der Waals surface area contributed by atoms with E-state index in [0.29, 0.717) is 0 Å². The van der Waals surface area contributed by atoms with E-state index in [4.69, 9.17) is 0 Å². The molecule has 2 rings (SSSR count). The van der Waals surface area contributed by atoms with Gasteiger partial charge in [0.05, 0.1) is 12.1 Å². The fourth-order valence-corrected chi connectivity index (χ4v) is 1.54. The Balaban J connectivity index is 1.98. The average Bonchev–Trinajstić information content (AvgIpc) is 2.15. The van der Waals surface area contributed by atoms with E-state index < -0.39 is 0 Å². The van der Waals surface area contributed by atoms with Gasteiger partial charge in [-0.15, -0.1) is 0 Å². The third kappa shape index (κ3) is 2.00. The van der Waals surface area contributed by atoms with Gasteiger partial charge in [0.15, 0.2) is 0 Å². The highest BCUT2D eigenvalue weighted by Crippen LogP contribution is 2.23. The fraction of sp³-hybridized carbons (Fsp3) is 0.444. The van der Waals surface area contributed by atoms with E-state index in [9.17, 15) is 5.11 Å². The van der Waals surface area contributed by atoms with Gasteiger partial charge in [0.2, 0.25) is 0 Å². The molecule has 1 heterocycles. The molecule has 2 N–H and O–H groups in total. The summed E-state index contributed by atoms with van der Waals surface area (Å²) in [5.74, 6) is 0.826. The molecule has 1 aromatic rings. The van der Waals surface area contributed by atoms with Crippen LogP contribution in [0.4, 0.5) is 5.82 Å². The Labute approximate surface area is 85.3 Å². The zero-order chi connectivity index (χ0) is 9.26. The van der Waals surface area contributed by atoms with Crippen LogP contribution in [0.25, 0.3) is 0 Å². The van der Waals surface area contributed by atoms with Gasteiger partial charge in [-0.3, -0.25) is 0 Å². The van der Waals surface area contributed by atoms with Gasteiger partial charge in [0.25, 0.3) is 0 Å². The van der Waals surface area contributed by atoms with Crippen LogP contribution < -0.4 is 5.32 Å². The summed E-state index contributed by atoms with van der Waals surface area (Å²) in [7, 11) is 0. The Bertz CT molecular complexity index is 288. The van der Waals surface area contributed by atoms with Gasteiger partial charge in [-0.05, 0) is 40.9 Å². The maximum absolute atomic E-state index is 9.32. The number of aliphatic hydroxyl groups is 1. The molecule has 1 fully saturated rings. The van der Waals surface area contributed by atoms with Gasteiger partial charge >= 0.3 is 0 Å². The van der Waals surface area contributed by atoms with Gasteiger partial charge in [-0.25, -0.2) is 4.98 Å². The van der Waals surface area contributed by atoms with E-state index in [1.165, 1.54) is 0 Å². The van der Waals surface area contributed by atoms with Gasteiger partial charge in [-0.1, -0.05) is 0 Å². The zero-order valence-corrected chi connectivity index (χ0v) is 8.66. The molecule has 0 aromatic carbocycles. The van der Waals surface area contributed by atoms with Crippen LogP contribution in [0.15, 0.2) is 22.8 Å². The highest BCUT2D eigenvalue weighted by molar-refractivity contribution is 9.10. The van der Waals surface area contributed by atoms with E-state index in [0.717, 1.165) is 23.1 Å². The van der Waals surface area contributed by atoms with Crippen LogP contribution in [0, 0.1) is 0 Å². The maximum Gasteiger partial charge on any atom is 0.126 e. The number of halogens is 1. The molecule has 0 amide bonds. The number of hydrogen-bond donors (Lipinski definition) is 2. The van der Waals surface area contributed by atoms with E-state index in [1.807, 2.05) is 12.1 Å². The molecule has 1 aromatic heterocycles. The van der Waals surface area contributed by atoms with Gasteiger partial charge in [0, 0.05) is 10.7 Å². The summed E-state index contributed by atoms with van der Waals surface area (Å²) < 4.78 is 0.965. The van der Waals surface area contributed by atoms with Crippen LogP contribution in [0.1, 0.15) is 12.8 Å². The molecule has 0 radical (unpaired) electrons. The quantitative estimate of drug-likeness (QED) is 0.832. The molecule has 3 nitrogen and oxygen atoms in total. The van der Waals surface area contributed by atoms with Crippen molar-refractivity contribution < 1.29 is 5.11 Å².